The summed E-state index contributed by atoms with van der Waals surface area (Å²) in [7, 11) is 0. The normalized spacial score (nSPS) is 11.7. The van der Waals surface area contributed by atoms with Gasteiger partial charge in [-0.15, -0.1) is 0 Å². The molecule has 106 valence electrons. The average molecular weight is 288 g/mol. The Kier molecular flexibility index (Phi) is 2.97. The molecule has 2 aromatic heterocycles. The predicted molar refractivity (Wildman–Crippen MR) is 88.9 cm³/mol. The number of rotatable bonds is 2. The second-order valence-corrected chi connectivity index (χ2v) is 5.17. The molecule has 1 N–H and O–H groups in total. The summed E-state index contributed by atoms with van der Waals surface area (Å²) < 4.78 is 12.9. The number of halogens is 1. The maximum atomic E-state index is 12.9. The van der Waals surface area contributed by atoms with Gasteiger partial charge in [0.2, 0.25) is 0 Å². The van der Waals surface area contributed by atoms with Crippen LogP contribution in [0.2, 0.25) is 0 Å². The van der Waals surface area contributed by atoms with Crippen molar-refractivity contribution in [1.29, 1.82) is 0 Å². The van der Waals surface area contributed by atoms with Crippen LogP contribution < -0.4 is 0 Å². The lowest BCUT2D eigenvalue weighted by atomic mass is 10.1. The maximum absolute atomic E-state index is 12.9. The molecule has 0 saturated heterocycles. The fourth-order valence-electron chi connectivity index (χ4n) is 2.67. The number of benzene rings is 2. The lowest BCUT2D eigenvalue weighted by Crippen LogP contribution is -1.82. The van der Waals surface area contributed by atoms with E-state index in [9.17, 15) is 4.39 Å². The molecule has 22 heavy (non-hydrogen) atoms. The van der Waals surface area contributed by atoms with Gasteiger partial charge in [-0.25, -0.2) is 4.39 Å². The summed E-state index contributed by atoms with van der Waals surface area (Å²) in [4.78, 5) is 7.86. The van der Waals surface area contributed by atoms with E-state index >= 15 is 0 Å². The molecular formula is C19H13FN2. The Labute approximate surface area is 126 Å². The third-order valence-corrected chi connectivity index (χ3v) is 3.76. The minimum atomic E-state index is -0.229. The molecule has 0 saturated carbocycles. The fraction of sp³-hybridized carbons (Fsp3) is 0. The molecule has 0 radical (unpaired) electrons. The Morgan fingerprint density at radius 3 is 2.55 bits per heavy atom. The first-order valence-electron chi connectivity index (χ1n) is 7.10. The minimum Gasteiger partial charge on any atom is -0.353 e. The number of aromatic nitrogens is 2. The smallest absolute Gasteiger partial charge is 0.123 e. The van der Waals surface area contributed by atoms with Crippen molar-refractivity contribution >= 4 is 34.0 Å². The van der Waals surface area contributed by atoms with Gasteiger partial charge in [-0.3, -0.25) is 4.98 Å². The van der Waals surface area contributed by atoms with Crippen molar-refractivity contribution in [1.82, 2.24) is 9.97 Å². The quantitative estimate of drug-likeness (QED) is 0.551. The Morgan fingerprint density at radius 2 is 1.68 bits per heavy atom. The second-order valence-electron chi connectivity index (χ2n) is 5.17. The van der Waals surface area contributed by atoms with Gasteiger partial charge in [0.25, 0.3) is 0 Å². The van der Waals surface area contributed by atoms with Gasteiger partial charge < -0.3 is 4.98 Å². The van der Waals surface area contributed by atoms with E-state index in [2.05, 4.69) is 22.1 Å². The Bertz CT molecular complexity index is 981. The molecule has 4 rings (SSSR count). The van der Waals surface area contributed by atoms with Gasteiger partial charge in [0.05, 0.1) is 11.2 Å². The highest BCUT2D eigenvalue weighted by molar-refractivity contribution is 6.09. The van der Waals surface area contributed by atoms with Crippen molar-refractivity contribution in [2.45, 2.75) is 0 Å². The van der Waals surface area contributed by atoms with E-state index in [4.69, 9.17) is 0 Å². The molecule has 0 amide bonds. The number of aromatic amines is 1. The molecule has 0 atom stereocenters. The van der Waals surface area contributed by atoms with Crippen LogP contribution in [-0.4, -0.2) is 9.97 Å². The van der Waals surface area contributed by atoms with Crippen molar-refractivity contribution in [2.75, 3.05) is 0 Å². The third kappa shape index (κ3) is 2.17. The summed E-state index contributed by atoms with van der Waals surface area (Å²) in [6.45, 7) is 0. The van der Waals surface area contributed by atoms with Crippen molar-refractivity contribution < 1.29 is 4.39 Å². The Morgan fingerprint density at radius 1 is 0.864 bits per heavy atom. The van der Waals surface area contributed by atoms with E-state index in [0.717, 1.165) is 27.7 Å². The van der Waals surface area contributed by atoms with E-state index in [-0.39, 0.29) is 5.82 Å². The largest absolute Gasteiger partial charge is 0.353 e. The van der Waals surface area contributed by atoms with E-state index in [1.54, 1.807) is 12.1 Å². The van der Waals surface area contributed by atoms with Crippen LogP contribution in [0.15, 0.2) is 60.8 Å². The molecule has 0 aliphatic heterocycles. The summed E-state index contributed by atoms with van der Waals surface area (Å²) in [5.74, 6) is -0.229. The summed E-state index contributed by atoms with van der Waals surface area (Å²) in [6, 6.07) is 16.6. The van der Waals surface area contributed by atoms with Gasteiger partial charge in [0.1, 0.15) is 5.82 Å². The fourth-order valence-corrected chi connectivity index (χ4v) is 2.67. The van der Waals surface area contributed by atoms with Crippen LogP contribution in [0.4, 0.5) is 4.39 Å². The molecule has 2 heterocycles. The first-order valence-corrected chi connectivity index (χ1v) is 7.10. The van der Waals surface area contributed by atoms with Crippen LogP contribution in [0.5, 0.6) is 0 Å². The van der Waals surface area contributed by atoms with Crippen LogP contribution in [0.25, 0.3) is 34.0 Å². The number of H-pyrrole nitrogens is 1. The first-order chi connectivity index (χ1) is 10.8. The predicted octanol–water partition coefficient (Wildman–Crippen LogP) is 5.03. The lowest BCUT2D eigenvalue weighted by molar-refractivity contribution is 0.628. The number of hydrogen-bond acceptors (Lipinski definition) is 1. The molecule has 0 spiro atoms. The third-order valence-electron chi connectivity index (χ3n) is 3.76. The lowest BCUT2D eigenvalue weighted by Gasteiger charge is -1.97. The zero-order chi connectivity index (χ0) is 14.9. The molecule has 0 fully saturated rings. The molecule has 0 aliphatic carbocycles. The Balaban J connectivity index is 1.83. The van der Waals surface area contributed by atoms with Gasteiger partial charge in [-0.05, 0) is 35.9 Å². The van der Waals surface area contributed by atoms with E-state index in [0.29, 0.717) is 0 Å². The van der Waals surface area contributed by atoms with E-state index in [1.807, 2.05) is 36.5 Å². The monoisotopic (exact) mass is 288 g/mol. The maximum Gasteiger partial charge on any atom is 0.123 e. The second kappa shape index (κ2) is 5.11. The molecule has 3 heteroatoms. The zero-order valence-corrected chi connectivity index (χ0v) is 11.8. The SMILES string of the molecule is Fc1ccc(/C=C\c2nccc3c2[nH]c2ccccc23)cc1. The van der Waals surface area contributed by atoms with Crippen LogP contribution in [0.3, 0.4) is 0 Å². The van der Waals surface area contributed by atoms with Gasteiger partial charge in [-0.1, -0.05) is 36.4 Å². The average Bonchev–Trinajstić information content (AvgIpc) is 2.94. The van der Waals surface area contributed by atoms with Crippen LogP contribution in [0, 0.1) is 5.82 Å². The molecule has 0 bridgehead atoms. The van der Waals surface area contributed by atoms with Crippen LogP contribution >= 0.6 is 0 Å². The molecule has 0 aliphatic rings. The van der Waals surface area contributed by atoms with Gasteiger partial charge in [0, 0.05) is 22.5 Å². The van der Waals surface area contributed by atoms with E-state index < -0.39 is 0 Å². The zero-order valence-electron chi connectivity index (χ0n) is 11.8. The van der Waals surface area contributed by atoms with Gasteiger partial charge in [0.15, 0.2) is 0 Å². The van der Waals surface area contributed by atoms with Crippen LogP contribution in [0.1, 0.15) is 11.3 Å². The number of hydrogen-bond donors (Lipinski definition) is 1. The van der Waals surface area contributed by atoms with Crippen molar-refractivity contribution in [2.24, 2.45) is 0 Å². The molecular weight excluding hydrogens is 275 g/mol. The highest BCUT2D eigenvalue weighted by Gasteiger charge is 2.06. The molecule has 2 nitrogen and oxygen atoms in total. The minimum absolute atomic E-state index is 0.229. The number of nitrogens with one attached hydrogen (secondary N) is 1. The van der Waals surface area contributed by atoms with E-state index in [1.165, 1.54) is 17.5 Å². The van der Waals surface area contributed by atoms with Crippen LogP contribution in [-0.2, 0) is 0 Å². The van der Waals surface area contributed by atoms with Gasteiger partial charge in [-0.2, -0.15) is 0 Å². The highest BCUT2D eigenvalue weighted by Crippen LogP contribution is 2.27. The standard InChI is InChI=1S/C19H13FN2/c20-14-8-5-13(6-9-14)7-10-18-19-16(11-12-21-18)15-3-1-2-4-17(15)22-19/h1-12,22H/b10-7-. The van der Waals surface area contributed by atoms with Crippen molar-refractivity contribution in [3.8, 4) is 0 Å². The summed E-state index contributed by atoms with van der Waals surface area (Å²) in [6.07, 6.45) is 5.70. The number of fused-ring (bicyclic) bond motifs is 3. The number of nitrogens with zero attached hydrogens (tertiary/aromatic N) is 1. The molecule has 4 aromatic rings. The highest BCUT2D eigenvalue weighted by atomic mass is 19.1. The number of para-hydroxylation sites is 1. The molecule has 0 unspecified atom stereocenters. The summed E-state index contributed by atoms with van der Waals surface area (Å²) in [5, 5.41) is 2.35. The first kappa shape index (κ1) is 12.8. The Hall–Kier alpha value is -2.94. The summed E-state index contributed by atoms with van der Waals surface area (Å²) >= 11 is 0. The van der Waals surface area contributed by atoms with Crippen molar-refractivity contribution in [3.05, 3.63) is 77.9 Å². The van der Waals surface area contributed by atoms with Gasteiger partial charge >= 0.3 is 0 Å². The van der Waals surface area contributed by atoms with Crippen molar-refractivity contribution in [3.63, 3.8) is 0 Å². The molecule has 2 aromatic carbocycles. The number of pyridine rings is 1. The summed E-state index contributed by atoms with van der Waals surface area (Å²) in [5.41, 5.74) is 3.93. The topological polar surface area (TPSA) is 28.7 Å².